The molecule has 122 valence electrons. The van der Waals surface area contributed by atoms with Crippen LogP contribution in [0.4, 0.5) is 0 Å². The maximum atomic E-state index is 13.4. The SMILES string of the molecule is O=C1c2ccccc2C(=O)C1(C[n+]1ccccc1)c1cccc(Br)c1. The number of carbonyl (C=O) groups is 2. The maximum absolute atomic E-state index is 13.4. The highest BCUT2D eigenvalue weighted by atomic mass is 79.9. The molecule has 0 aliphatic heterocycles. The summed E-state index contributed by atoms with van der Waals surface area (Å²) < 4.78 is 2.74. The molecule has 0 bridgehead atoms. The van der Waals surface area contributed by atoms with Gasteiger partial charge >= 0.3 is 0 Å². The van der Waals surface area contributed by atoms with Crippen LogP contribution in [0.1, 0.15) is 26.3 Å². The van der Waals surface area contributed by atoms with Crippen molar-refractivity contribution in [1.82, 2.24) is 0 Å². The molecule has 0 amide bonds. The Morgan fingerprint density at radius 1 is 0.800 bits per heavy atom. The number of hydrogen-bond donors (Lipinski definition) is 0. The van der Waals surface area contributed by atoms with Crippen LogP contribution in [0.25, 0.3) is 0 Å². The molecule has 25 heavy (non-hydrogen) atoms. The number of ketones is 2. The van der Waals surface area contributed by atoms with Crippen molar-refractivity contribution in [1.29, 1.82) is 0 Å². The van der Waals surface area contributed by atoms with Gasteiger partial charge in [0.05, 0.1) is 0 Å². The lowest BCUT2D eigenvalue weighted by Gasteiger charge is -2.23. The highest BCUT2D eigenvalue weighted by Crippen LogP contribution is 2.40. The monoisotopic (exact) mass is 392 g/mol. The van der Waals surface area contributed by atoms with Crippen LogP contribution in [-0.2, 0) is 12.0 Å². The Balaban J connectivity index is 1.95. The number of Topliss-reactive ketones (excluding diaryl/α,β-unsaturated/α-hetero) is 2. The summed E-state index contributed by atoms with van der Waals surface area (Å²) in [6.45, 7) is 0.274. The third-order valence-corrected chi connectivity index (χ3v) is 5.20. The second-order valence-electron chi connectivity index (χ2n) is 6.17. The lowest BCUT2D eigenvalue weighted by Crippen LogP contribution is -2.52. The van der Waals surface area contributed by atoms with Gasteiger partial charge < -0.3 is 0 Å². The van der Waals surface area contributed by atoms with Gasteiger partial charge in [0.2, 0.25) is 0 Å². The van der Waals surface area contributed by atoms with E-state index >= 15 is 0 Å². The molecule has 0 saturated carbocycles. The quantitative estimate of drug-likeness (QED) is 0.502. The highest BCUT2D eigenvalue weighted by molar-refractivity contribution is 9.10. The van der Waals surface area contributed by atoms with Gasteiger partial charge in [-0.1, -0.05) is 58.4 Å². The van der Waals surface area contributed by atoms with Gasteiger partial charge in [-0.3, -0.25) is 9.59 Å². The predicted molar refractivity (Wildman–Crippen MR) is 97.6 cm³/mol. The second kappa shape index (κ2) is 6.05. The fourth-order valence-electron chi connectivity index (χ4n) is 3.51. The van der Waals surface area contributed by atoms with E-state index in [1.165, 1.54) is 0 Å². The van der Waals surface area contributed by atoms with Crippen molar-refractivity contribution in [3.8, 4) is 0 Å². The predicted octanol–water partition coefficient (Wildman–Crippen LogP) is 3.75. The minimum atomic E-state index is -1.24. The van der Waals surface area contributed by atoms with Crippen molar-refractivity contribution in [2.45, 2.75) is 12.0 Å². The summed E-state index contributed by atoms with van der Waals surface area (Å²) in [7, 11) is 0. The van der Waals surface area contributed by atoms with Crippen LogP contribution in [0.5, 0.6) is 0 Å². The van der Waals surface area contributed by atoms with E-state index in [9.17, 15) is 9.59 Å². The van der Waals surface area contributed by atoms with E-state index in [1.807, 2.05) is 59.4 Å². The summed E-state index contributed by atoms with van der Waals surface area (Å²) in [5, 5.41) is 0. The number of benzene rings is 2. The first-order valence-electron chi connectivity index (χ1n) is 8.02. The zero-order valence-corrected chi connectivity index (χ0v) is 14.9. The molecule has 0 N–H and O–H groups in total. The fourth-order valence-corrected chi connectivity index (χ4v) is 3.91. The smallest absolute Gasteiger partial charge is 0.188 e. The van der Waals surface area contributed by atoms with Crippen molar-refractivity contribution in [3.05, 3.63) is 100 Å². The van der Waals surface area contributed by atoms with Crippen LogP contribution in [0.3, 0.4) is 0 Å². The maximum Gasteiger partial charge on any atom is 0.188 e. The third-order valence-electron chi connectivity index (χ3n) is 4.71. The number of rotatable bonds is 3. The highest BCUT2D eigenvalue weighted by Gasteiger charge is 2.57. The van der Waals surface area contributed by atoms with Crippen LogP contribution >= 0.6 is 15.9 Å². The zero-order chi connectivity index (χ0) is 17.4. The summed E-state index contributed by atoms with van der Waals surface area (Å²) in [5.74, 6) is -0.273. The van der Waals surface area contributed by atoms with Gasteiger partial charge in [-0.25, -0.2) is 4.57 Å². The summed E-state index contributed by atoms with van der Waals surface area (Å²) >= 11 is 3.46. The largest absolute Gasteiger partial charge is 0.292 e. The molecule has 0 atom stereocenters. The Labute approximate surface area is 154 Å². The number of hydrogen-bond acceptors (Lipinski definition) is 2. The van der Waals surface area contributed by atoms with E-state index in [1.54, 1.807) is 24.3 Å². The van der Waals surface area contributed by atoms with E-state index in [0.29, 0.717) is 16.7 Å². The normalized spacial score (nSPS) is 15.2. The number of aromatic nitrogens is 1. The standard InChI is InChI=1S/C21H15BrNO2/c22-16-8-6-7-15(13-16)21(14-23-11-4-1-5-12-23)19(24)17-9-2-3-10-18(17)20(21)25/h1-13H,14H2/q+1. The van der Waals surface area contributed by atoms with Crippen LogP contribution in [0, 0.1) is 0 Å². The van der Waals surface area contributed by atoms with Crippen LogP contribution in [0.2, 0.25) is 0 Å². The van der Waals surface area contributed by atoms with Crippen molar-refractivity contribution in [2.75, 3.05) is 0 Å². The molecule has 1 aliphatic rings. The molecule has 1 aliphatic carbocycles. The Morgan fingerprint density at radius 3 is 2.04 bits per heavy atom. The molecular weight excluding hydrogens is 378 g/mol. The van der Waals surface area contributed by atoms with Crippen LogP contribution < -0.4 is 4.57 Å². The Morgan fingerprint density at radius 2 is 1.44 bits per heavy atom. The van der Waals surface area contributed by atoms with E-state index in [4.69, 9.17) is 0 Å². The average Bonchev–Trinajstić information content (AvgIpc) is 2.86. The molecule has 1 heterocycles. The topological polar surface area (TPSA) is 38.0 Å². The molecule has 0 unspecified atom stereocenters. The van der Waals surface area contributed by atoms with Gasteiger partial charge in [0.15, 0.2) is 35.9 Å². The van der Waals surface area contributed by atoms with Crippen LogP contribution in [0.15, 0.2) is 83.6 Å². The van der Waals surface area contributed by atoms with Crippen LogP contribution in [-0.4, -0.2) is 11.6 Å². The Kier molecular flexibility index (Phi) is 3.85. The first-order valence-corrected chi connectivity index (χ1v) is 8.81. The Bertz CT molecular complexity index is 947. The number of carbonyl (C=O) groups excluding carboxylic acids is 2. The van der Waals surface area contributed by atoms with Gasteiger partial charge in [0, 0.05) is 27.7 Å². The van der Waals surface area contributed by atoms with Crippen molar-refractivity contribution in [2.24, 2.45) is 0 Å². The third kappa shape index (κ3) is 2.45. The molecular formula is C21H15BrNO2+. The molecule has 0 radical (unpaired) electrons. The molecule has 4 rings (SSSR count). The summed E-state index contributed by atoms with van der Waals surface area (Å²) in [6.07, 6.45) is 3.76. The van der Waals surface area contributed by atoms with E-state index in [-0.39, 0.29) is 18.1 Å². The van der Waals surface area contributed by atoms with Gasteiger partial charge in [-0.15, -0.1) is 0 Å². The Hall–Kier alpha value is -2.59. The lowest BCUT2D eigenvalue weighted by molar-refractivity contribution is -0.700. The average molecular weight is 393 g/mol. The lowest BCUT2D eigenvalue weighted by atomic mass is 9.75. The van der Waals surface area contributed by atoms with Gasteiger partial charge in [-0.2, -0.15) is 0 Å². The molecule has 4 heteroatoms. The number of halogens is 1. The first-order chi connectivity index (χ1) is 12.1. The van der Waals surface area contributed by atoms with Crippen molar-refractivity contribution < 1.29 is 14.2 Å². The molecule has 3 nitrogen and oxygen atoms in total. The van der Waals surface area contributed by atoms with Crippen molar-refractivity contribution >= 4 is 27.5 Å². The number of pyridine rings is 1. The molecule has 0 fully saturated rings. The van der Waals surface area contributed by atoms with Gasteiger partial charge in [-0.05, 0) is 17.7 Å². The molecule has 0 spiro atoms. The molecule has 0 saturated heterocycles. The fraction of sp³-hybridized carbons (Fsp3) is 0.0952. The van der Waals surface area contributed by atoms with Gasteiger partial charge in [0.25, 0.3) is 0 Å². The van der Waals surface area contributed by atoms with E-state index in [2.05, 4.69) is 15.9 Å². The summed E-state index contributed by atoms with van der Waals surface area (Å²) in [6, 6.07) is 20.3. The molecule has 1 aromatic heterocycles. The molecule has 3 aromatic rings. The van der Waals surface area contributed by atoms with Crippen molar-refractivity contribution in [3.63, 3.8) is 0 Å². The minimum absolute atomic E-state index is 0.137. The van der Waals surface area contributed by atoms with Gasteiger partial charge in [0.1, 0.15) is 0 Å². The second-order valence-corrected chi connectivity index (χ2v) is 7.08. The van der Waals surface area contributed by atoms with E-state index in [0.717, 1.165) is 4.47 Å². The molecule has 2 aromatic carbocycles. The number of nitrogens with zero attached hydrogens (tertiary/aromatic N) is 1. The zero-order valence-electron chi connectivity index (χ0n) is 13.4. The number of fused-ring (bicyclic) bond motifs is 1. The summed E-state index contributed by atoms with van der Waals surface area (Å²) in [4.78, 5) is 26.8. The first kappa shape index (κ1) is 15.9. The van der Waals surface area contributed by atoms with E-state index < -0.39 is 5.41 Å². The summed E-state index contributed by atoms with van der Waals surface area (Å²) in [5.41, 5.74) is 0.483. The minimum Gasteiger partial charge on any atom is -0.292 e.